The number of carbonyl (C=O) groups is 2. The number of hydrogen-bond acceptors (Lipinski definition) is 4. The van der Waals surface area contributed by atoms with Gasteiger partial charge in [0.25, 0.3) is 5.91 Å². The van der Waals surface area contributed by atoms with E-state index in [2.05, 4.69) is 13.0 Å². The minimum Gasteiger partial charge on any atom is -0.494 e. The third-order valence-electron chi connectivity index (χ3n) is 6.03. The Labute approximate surface area is 180 Å². The lowest BCUT2D eigenvalue weighted by Crippen LogP contribution is -2.54. The maximum Gasteiger partial charge on any atom is 0.269 e. The molecule has 0 bridgehead atoms. The van der Waals surface area contributed by atoms with Crippen molar-refractivity contribution in [3.8, 4) is 5.75 Å². The molecule has 2 aromatic rings. The fourth-order valence-corrected chi connectivity index (χ4v) is 6.30. The monoisotopic (exact) mass is 420 g/mol. The molecule has 3 heterocycles. The van der Waals surface area contributed by atoms with E-state index in [0.717, 1.165) is 33.8 Å². The molecule has 2 amide bonds. The average molecular weight is 421 g/mol. The summed E-state index contributed by atoms with van der Waals surface area (Å²) in [6.07, 6.45) is 2.13. The lowest BCUT2D eigenvalue weighted by atomic mass is 9.89. The van der Waals surface area contributed by atoms with E-state index in [1.54, 1.807) is 4.90 Å². The zero-order valence-corrected chi connectivity index (χ0v) is 18.4. The maximum absolute atomic E-state index is 14.2. The topological polar surface area (TPSA) is 49.9 Å². The number of allylic oxidation sites excluding steroid dienone is 1. The standard InChI is InChI=1S/C24H24N2O3S/c1-5-29-17-11-18-15(2)13-23(3,4)26-21(18)19(12-17)24(22(26)28)25(20(27)14-30-24)16-9-7-6-8-10-16/h6-13H,5,14H2,1-4H3. The molecule has 1 fully saturated rings. The molecule has 5 rings (SSSR count). The van der Waals surface area contributed by atoms with Crippen LogP contribution in [0.3, 0.4) is 0 Å². The van der Waals surface area contributed by atoms with Crippen LogP contribution in [0.25, 0.3) is 5.57 Å². The second-order valence-corrected chi connectivity index (χ2v) is 9.59. The zero-order valence-electron chi connectivity index (χ0n) is 17.6. The Morgan fingerprint density at radius 2 is 1.83 bits per heavy atom. The van der Waals surface area contributed by atoms with Crippen LogP contribution in [0.1, 0.15) is 38.8 Å². The first-order chi connectivity index (χ1) is 14.3. The van der Waals surface area contributed by atoms with Crippen LogP contribution in [-0.2, 0) is 14.5 Å². The second kappa shape index (κ2) is 6.38. The van der Waals surface area contributed by atoms with E-state index in [-0.39, 0.29) is 17.6 Å². The molecule has 0 saturated carbocycles. The molecule has 0 radical (unpaired) electrons. The zero-order chi connectivity index (χ0) is 21.3. The van der Waals surface area contributed by atoms with E-state index in [4.69, 9.17) is 4.74 Å². The van der Waals surface area contributed by atoms with Gasteiger partial charge in [-0.05, 0) is 57.5 Å². The highest BCUT2D eigenvalue weighted by Gasteiger charge is 2.64. The summed E-state index contributed by atoms with van der Waals surface area (Å²) >= 11 is 1.40. The van der Waals surface area contributed by atoms with Gasteiger partial charge in [0, 0.05) is 16.8 Å². The van der Waals surface area contributed by atoms with Gasteiger partial charge < -0.3 is 4.74 Å². The summed E-state index contributed by atoms with van der Waals surface area (Å²) in [5.41, 5.74) is 4.09. The predicted octanol–water partition coefficient (Wildman–Crippen LogP) is 4.56. The van der Waals surface area contributed by atoms with Gasteiger partial charge in [0.05, 0.1) is 23.6 Å². The lowest BCUT2D eigenvalue weighted by Gasteiger charge is -2.40. The van der Waals surface area contributed by atoms with Crippen molar-refractivity contribution in [3.05, 3.63) is 59.7 Å². The third kappa shape index (κ3) is 2.37. The van der Waals surface area contributed by atoms with Crippen LogP contribution in [0.5, 0.6) is 5.75 Å². The van der Waals surface area contributed by atoms with Crippen LogP contribution in [-0.4, -0.2) is 29.7 Å². The second-order valence-electron chi connectivity index (χ2n) is 8.42. The summed E-state index contributed by atoms with van der Waals surface area (Å²) in [6.45, 7) is 8.64. The molecule has 1 unspecified atom stereocenters. The first-order valence-electron chi connectivity index (χ1n) is 10.2. The minimum absolute atomic E-state index is 0.0579. The predicted molar refractivity (Wildman–Crippen MR) is 121 cm³/mol. The van der Waals surface area contributed by atoms with Gasteiger partial charge in [-0.2, -0.15) is 0 Å². The molecule has 3 aliphatic rings. The molecule has 6 heteroatoms. The van der Waals surface area contributed by atoms with Crippen molar-refractivity contribution >= 4 is 40.5 Å². The number of ether oxygens (including phenoxy) is 1. The molecule has 1 atom stereocenters. The van der Waals surface area contributed by atoms with Gasteiger partial charge in [0.1, 0.15) is 5.75 Å². The van der Waals surface area contributed by atoms with Crippen molar-refractivity contribution in [2.45, 2.75) is 38.1 Å². The molecule has 154 valence electrons. The van der Waals surface area contributed by atoms with Gasteiger partial charge >= 0.3 is 0 Å². The molecule has 2 aromatic carbocycles. The first-order valence-corrected chi connectivity index (χ1v) is 11.2. The molecule has 0 aromatic heterocycles. The Balaban J connectivity index is 1.83. The number of para-hydroxylation sites is 1. The quantitative estimate of drug-likeness (QED) is 0.730. The number of anilines is 2. The van der Waals surface area contributed by atoms with E-state index < -0.39 is 10.4 Å². The summed E-state index contributed by atoms with van der Waals surface area (Å²) in [7, 11) is 0. The Morgan fingerprint density at radius 3 is 2.53 bits per heavy atom. The van der Waals surface area contributed by atoms with Gasteiger partial charge in [-0.1, -0.05) is 24.3 Å². The van der Waals surface area contributed by atoms with Crippen molar-refractivity contribution < 1.29 is 14.3 Å². The van der Waals surface area contributed by atoms with Gasteiger partial charge in [-0.25, -0.2) is 0 Å². The van der Waals surface area contributed by atoms with Crippen molar-refractivity contribution in [2.75, 3.05) is 22.2 Å². The number of thioether (sulfide) groups is 1. The summed E-state index contributed by atoms with van der Waals surface area (Å²) in [5, 5.41) is 0. The first kappa shape index (κ1) is 19.2. The Bertz CT molecular complexity index is 1110. The van der Waals surface area contributed by atoms with Gasteiger partial charge in [-0.3, -0.25) is 19.4 Å². The van der Waals surface area contributed by atoms with E-state index in [1.165, 1.54) is 11.8 Å². The van der Waals surface area contributed by atoms with E-state index in [0.29, 0.717) is 6.61 Å². The number of rotatable bonds is 3. The van der Waals surface area contributed by atoms with Crippen molar-refractivity contribution in [1.82, 2.24) is 0 Å². The molecule has 30 heavy (non-hydrogen) atoms. The molecule has 0 aliphatic carbocycles. The van der Waals surface area contributed by atoms with Crippen molar-refractivity contribution in [2.24, 2.45) is 0 Å². The fraction of sp³-hybridized carbons (Fsp3) is 0.333. The summed E-state index contributed by atoms with van der Waals surface area (Å²) in [4.78, 5) is 29.7. The molecular formula is C24H24N2O3S. The fourth-order valence-electron chi connectivity index (χ4n) is 4.98. The summed E-state index contributed by atoms with van der Waals surface area (Å²) in [5.74, 6) is 0.855. The Morgan fingerprint density at radius 1 is 1.10 bits per heavy atom. The van der Waals surface area contributed by atoms with Gasteiger partial charge in [0.2, 0.25) is 10.8 Å². The van der Waals surface area contributed by atoms with Crippen LogP contribution in [0.4, 0.5) is 11.4 Å². The highest BCUT2D eigenvalue weighted by molar-refractivity contribution is 8.02. The molecule has 1 spiro atoms. The molecule has 0 N–H and O–H groups in total. The number of nitrogens with zero attached hydrogens (tertiary/aromatic N) is 2. The van der Waals surface area contributed by atoms with Crippen LogP contribution >= 0.6 is 11.8 Å². The molecular weight excluding hydrogens is 396 g/mol. The molecule has 3 aliphatic heterocycles. The van der Waals surface area contributed by atoms with Crippen LogP contribution in [0.2, 0.25) is 0 Å². The summed E-state index contributed by atoms with van der Waals surface area (Å²) in [6, 6.07) is 13.5. The van der Waals surface area contributed by atoms with Crippen LogP contribution in [0, 0.1) is 0 Å². The number of benzene rings is 2. The maximum atomic E-state index is 14.2. The number of amides is 2. The van der Waals surface area contributed by atoms with E-state index in [1.807, 2.05) is 68.1 Å². The third-order valence-corrected chi connectivity index (χ3v) is 7.42. The Hall–Kier alpha value is -2.73. The van der Waals surface area contributed by atoms with Crippen molar-refractivity contribution in [1.29, 1.82) is 0 Å². The van der Waals surface area contributed by atoms with E-state index in [9.17, 15) is 9.59 Å². The molecule has 5 nitrogen and oxygen atoms in total. The van der Waals surface area contributed by atoms with Crippen LogP contribution < -0.4 is 14.5 Å². The smallest absolute Gasteiger partial charge is 0.269 e. The normalized spacial score (nSPS) is 23.8. The Kier molecular flexibility index (Phi) is 4.09. The highest BCUT2D eigenvalue weighted by Crippen LogP contribution is 2.60. The largest absolute Gasteiger partial charge is 0.494 e. The highest BCUT2D eigenvalue weighted by atomic mass is 32.2. The van der Waals surface area contributed by atoms with Gasteiger partial charge in [0.15, 0.2) is 0 Å². The number of hydrogen-bond donors (Lipinski definition) is 0. The van der Waals surface area contributed by atoms with E-state index >= 15 is 0 Å². The summed E-state index contributed by atoms with van der Waals surface area (Å²) < 4.78 is 5.87. The lowest BCUT2D eigenvalue weighted by molar-refractivity contribution is -0.124. The number of fused-ring (bicyclic) bond motifs is 1. The average Bonchev–Trinajstić information content (AvgIpc) is 3.18. The minimum atomic E-state index is -1.12. The van der Waals surface area contributed by atoms with Crippen LogP contribution in [0.15, 0.2) is 48.5 Å². The number of carbonyl (C=O) groups excluding carboxylic acids is 2. The van der Waals surface area contributed by atoms with Gasteiger partial charge in [-0.15, -0.1) is 11.8 Å². The SMILES string of the molecule is CCOc1cc2c3c(c1)C1(SCC(=O)N1c1ccccc1)C(=O)N3C(C)(C)C=C2C. The van der Waals surface area contributed by atoms with Crippen molar-refractivity contribution in [3.63, 3.8) is 0 Å². The molecule has 1 saturated heterocycles.